The molecule has 334 valence electrons. The highest BCUT2D eigenvalue weighted by Crippen LogP contribution is 2.56. The molecule has 0 radical (unpaired) electrons. The van der Waals surface area contributed by atoms with Gasteiger partial charge in [0.1, 0.15) is 28.6 Å². The summed E-state index contributed by atoms with van der Waals surface area (Å²) in [7, 11) is 4.32. The minimum atomic E-state index is -2.89. The summed E-state index contributed by atoms with van der Waals surface area (Å²) in [5, 5.41) is 75.5. The van der Waals surface area contributed by atoms with E-state index >= 15 is 0 Å². The van der Waals surface area contributed by atoms with E-state index < -0.39 is 87.3 Å². The number of nitrogens with two attached hydrogens (primary N) is 1. The van der Waals surface area contributed by atoms with E-state index in [4.69, 9.17) is 5.73 Å². The number of ether oxygens (including phenoxy) is 1. The molecule has 1 amide bonds. The van der Waals surface area contributed by atoms with Gasteiger partial charge in [0.05, 0.1) is 42.4 Å². The van der Waals surface area contributed by atoms with Crippen molar-refractivity contribution in [1.82, 2.24) is 4.90 Å². The molecule has 0 heterocycles. The first-order valence-electron chi connectivity index (χ1n) is 20.5. The monoisotopic (exact) mass is 844 g/mol. The van der Waals surface area contributed by atoms with E-state index in [1.807, 2.05) is 19.1 Å². The number of nitrogens with zero attached hydrogens (tertiary/aromatic N) is 1. The van der Waals surface area contributed by atoms with Gasteiger partial charge in [-0.25, -0.2) is 0 Å². The quantitative estimate of drug-likeness (QED) is 0.0545. The number of phenolic OH excluding ortho intramolecular Hbond substituents is 1. The number of primary amides is 1. The lowest BCUT2D eigenvalue weighted by molar-refractivity contribution is -0.169. The highest BCUT2D eigenvalue weighted by molar-refractivity contribution is 6.24. The van der Waals surface area contributed by atoms with E-state index in [2.05, 4.69) is 11.7 Å². The SMILES string of the molecule is CCCCC(C)(O)C/C=C/[C@H]1[C@H](O)CC(=O)[C@@H]1CCCCCCC(=O)OC.C[C@H]1c2cccc(O)c2C(O)=C2C(=O)[C@]3(O)C(O)=C(C(N)=O)C(=O)[C@@H](N(C)C)[C@@H]3[C@@H](O)[C@@H]21.O. The third kappa shape index (κ3) is 9.85. The zero-order valence-corrected chi connectivity index (χ0v) is 35.4. The average Bonchev–Trinajstić information content (AvgIpc) is 3.43. The molecule has 1 aromatic rings. The lowest BCUT2D eigenvalue weighted by Gasteiger charge is -2.53. The molecule has 10 atom stereocenters. The van der Waals surface area contributed by atoms with E-state index in [1.165, 1.54) is 32.2 Å². The molecule has 0 aromatic heterocycles. The number of amides is 1. The molecule has 0 bridgehead atoms. The second-order valence-corrected chi connectivity index (χ2v) is 17.0. The molecule has 1 unspecified atom stereocenters. The topological polar surface area (TPSA) is 297 Å². The van der Waals surface area contributed by atoms with E-state index in [0.717, 1.165) is 51.4 Å². The van der Waals surface area contributed by atoms with Crippen molar-refractivity contribution in [1.29, 1.82) is 0 Å². The summed E-state index contributed by atoms with van der Waals surface area (Å²) in [6.07, 6.45) is 10.1. The number of phenols is 1. The number of esters is 1. The maximum atomic E-state index is 13.7. The number of carbonyl (C=O) groups is 5. The lowest BCUT2D eigenvalue weighted by atomic mass is 9.54. The molecule has 0 spiro atoms. The van der Waals surface area contributed by atoms with Crippen molar-refractivity contribution < 1.29 is 69.9 Å². The van der Waals surface area contributed by atoms with Crippen molar-refractivity contribution in [2.45, 2.75) is 127 Å². The molecule has 11 N–H and O–H groups in total. The molecule has 4 aliphatic rings. The Morgan fingerprint density at radius 2 is 1.70 bits per heavy atom. The second-order valence-electron chi connectivity index (χ2n) is 17.0. The number of aliphatic hydroxyl groups excluding tert-OH is 4. The molecule has 60 heavy (non-hydrogen) atoms. The summed E-state index contributed by atoms with van der Waals surface area (Å²) in [5.74, 6) is -9.17. The number of aromatic hydroxyl groups is 1. The van der Waals surface area contributed by atoms with E-state index in [0.29, 0.717) is 18.4 Å². The largest absolute Gasteiger partial charge is 0.508 e. The molecule has 2 fully saturated rings. The Labute approximate surface area is 350 Å². The maximum Gasteiger partial charge on any atom is 0.305 e. The fourth-order valence-electron chi connectivity index (χ4n) is 9.40. The first kappa shape index (κ1) is 49.9. The average molecular weight is 845 g/mol. The predicted octanol–water partition coefficient (Wildman–Crippen LogP) is 2.62. The summed E-state index contributed by atoms with van der Waals surface area (Å²) in [5.41, 5.74) is 0.742. The molecule has 1 aromatic carbocycles. The molecule has 4 aliphatic carbocycles. The second kappa shape index (κ2) is 20.4. The summed E-state index contributed by atoms with van der Waals surface area (Å²) >= 11 is 0. The number of likely N-dealkylation sites (N-methyl/N-ethyl adjacent to an activating group) is 1. The molecular formula is C44H64N2O14. The summed E-state index contributed by atoms with van der Waals surface area (Å²) in [4.78, 5) is 63.3. The van der Waals surface area contributed by atoms with E-state index in [9.17, 15) is 59.7 Å². The molecular weight excluding hydrogens is 780 g/mol. The van der Waals surface area contributed by atoms with Gasteiger partial charge < -0.3 is 51.7 Å². The molecule has 0 saturated heterocycles. The fraction of sp³-hybridized carbons (Fsp3) is 0.614. The number of carbonyl (C=O) groups excluding carboxylic acids is 5. The number of hydrogen-bond acceptors (Lipinski definition) is 14. The van der Waals surface area contributed by atoms with Gasteiger partial charge in [-0.1, -0.05) is 70.2 Å². The van der Waals surface area contributed by atoms with Crippen LogP contribution in [0.15, 0.2) is 47.3 Å². The highest BCUT2D eigenvalue weighted by Gasteiger charge is 2.68. The smallest absolute Gasteiger partial charge is 0.305 e. The molecule has 5 rings (SSSR count). The number of Topliss-reactive ketones (excluding diaryl/α,β-unsaturated/α-hetero) is 3. The lowest BCUT2D eigenvalue weighted by Crippen LogP contribution is -2.70. The first-order chi connectivity index (χ1) is 27.7. The Balaban J connectivity index is 0.000000321. The van der Waals surface area contributed by atoms with E-state index in [1.54, 1.807) is 19.1 Å². The zero-order valence-electron chi connectivity index (χ0n) is 35.4. The fourth-order valence-corrected chi connectivity index (χ4v) is 9.40. The Kier molecular flexibility index (Phi) is 17.0. The standard InChI is InChI=1S/C22H24N2O8.C22H38O5.H2O/c1-7-8-5-4-6-9(25)11(8)16(26)12-10(7)17(27)14-15(24(2)3)18(28)13(21(23)31)20(30)22(14,32)19(12)29;1-4-5-14-22(2,26)15-10-12-18-17(19(23)16-20(18)24)11-8-6-7-9-13-21(25)27-3;/h4-7,10,14-15,17,25-27,30,32H,1-3H3,(H2,23,31);10,12,17-18,20,24,26H,4-9,11,13-16H2,1-3H3;1H2/b;12-10+;/t7-,10+,14+,15-,17-,22-;17-,18-,20-,22?;/m01./s1. The summed E-state index contributed by atoms with van der Waals surface area (Å²) in [6.45, 7) is 5.62. The molecule has 2 saturated carbocycles. The van der Waals surface area contributed by atoms with Crippen LogP contribution < -0.4 is 5.73 Å². The van der Waals surface area contributed by atoms with Gasteiger partial charge >= 0.3 is 5.97 Å². The van der Waals surface area contributed by atoms with Crippen molar-refractivity contribution in [3.63, 3.8) is 0 Å². The summed E-state index contributed by atoms with van der Waals surface area (Å²) in [6, 6.07) is 3.13. The normalized spacial score (nSPS) is 29.6. The molecule has 16 heteroatoms. The highest BCUT2D eigenvalue weighted by atomic mass is 16.5. The van der Waals surface area contributed by atoms with Gasteiger partial charge in [-0.2, -0.15) is 0 Å². The Hall–Kier alpha value is -4.45. The third-order valence-electron chi connectivity index (χ3n) is 12.6. The zero-order chi connectivity index (χ0) is 44.1. The number of benzene rings is 1. The number of rotatable bonds is 15. The maximum absolute atomic E-state index is 13.7. The van der Waals surface area contributed by atoms with Gasteiger partial charge in [0.2, 0.25) is 5.78 Å². The Bertz CT molecular complexity index is 1870. The number of aliphatic hydroxyl groups is 6. The van der Waals surface area contributed by atoms with Crippen molar-refractivity contribution in [3.8, 4) is 5.75 Å². The van der Waals surface area contributed by atoms with E-state index in [-0.39, 0.29) is 46.8 Å². The first-order valence-corrected chi connectivity index (χ1v) is 20.5. The van der Waals surface area contributed by atoms with Crippen LogP contribution in [0, 0.1) is 23.7 Å². The number of unbranched alkanes of at least 4 members (excludes halogenated alkanes) is 4. The van der Waals surface area contributed by atoms with Crippen LogP contribution in [-0.4, -0.2) is 126 Å². The predicted molar refractivity (Wildman–Crippen MR) is 220 cm³/mol. The van der Waals surface area contributed by atoms with Gasteiger partial charge in [0.15, 0.2) is 11.4 Å². The van der Waals surface area contributed by atoms with Crippen molar-refractivity contribution in [3.05, 3.63) is 58.4 Å². The van der Waals surface area contributed by atoms with Gasteiger partial charge in [0.25, 0.3) is 5.91 Å². The number of methoxy groups -OCH3 is 1. The van der Waals surface area contributed by atoms with Crippen LogP contribution in [0.4, 0.5) is 0 Å². The van der Waals surface area contributed by atoms with Gasteiger partial charge in [0, 0.05) is 36.2 Å². The van der Waals surface area contributed by atoms with Crippen LogP contribution in [0.5, 0.6) is 5.75 Å². The van der Waals surface area contributed by atoms with Crippen LogP contribution >= 0.6 is 0 Å². The van der Waals surface area contributed by atoms with Gasteiger partial charge in [-0.05, 0) is 64.3 Å². The third-order valence-corrected chi connectivity index (χ3v) is 12.6. The minimum Gasteiger partial charge on any atom is -0.508 e. The molecule has 0 aliphatic heterocycles. The van der Waals surface area contributed by atoms with Crippen LogP contribution in [0.25, 0.3) is 5.76 Å². The molecule has 16 nitrogen and oxygen atoms in total. The number of fused-ring (bicyclic) bond motifs is 3. The van der Waals surface area contributed by atoms with Crippen LogP contribution in [-0.2, 0) is 28.7 Å². The number of ketones is 3. The van der Waals surface area contributed by atoms with Gasteiger partial charge in [-0.3, -0.25) is 28.9 Å². The van der Waals surface area contributed by atoms with Crippen molar-refractivity contribution >= 4 is 35.0 Å². The van der Waals surface area contributed by atoms with Crippen molar-refractivity contribution in [2.24, 2.45) is 29.4 Å². The van der Waals surface area contributed by atoms with Gasteiger partial charge in [-0.15, -0.1) is 0 Å². The van der Waals surface area contributed by atoms with Crippen LogP contribution in [0.2, 0.25) is 0 Å². The Morgan fingerprint density at radius 3 is 2.30 bits per heavy atom. The van der Waals surface area contributed by atoms with Crippen molar-refractivity contribution in [2.75, 3.05) is 21.2 Å². The van der Waals surface area contributed by atoms with Crippen LogP contribution in [0.1, 0.15) is 108 Å². The Morgan fingerprint density at radius 1 is 1.05 bits per heavy atom. The minimum absolute atomic E-state index is 0. The van der Waals surface area contributed by atoms with Crippen LogP contribution in [0.3, 0.4) is 0 Å². The number of hydrogen-bond donors (Lipinski definition) is 8. The summed E-state index contributed by atoms with van der Waals surface area (Å²) < 4.78 is 4.62.